The summed E-state index contributed by atoms with van der Waals surface area (Å²) in [7, 11) is 0. The zero-order chi connectivity index (χ0) is 19.5. The van der Waals surface area contributed by atoms with Crippen molar-refractivity contribution >= 4 is 41.2 Å². The number of hydrogen-bond acceptors (Lipinski definition) is 6. The number of aromatic nitrogens is 2. The van der Waals surface area contributed by atoms with Gasteiger partial charge in [0.05, 0.1) is 17.0 Å². The fourth-order valence-corrected chi connectivity index (χ4v) is 4.42. The van der Waals surface area contributed by atoms with Crippen molar-refractivity contribution in [1.82, 2.24) is 15.1 Å². The molecule has 5 nitrogen and oxygen atoms in total. The molecule has 0 spiro atoms. The van der Waals surface area contributed by atoms with Crippen molar-refractivity contribution in [1.29, 1.82) is 5.26 Å². The van der Waals surface area contributed by atoms with Crippen LogP contribution in [0.3, 0.4) is 0 Å². The zero-order valence-electron chi connectivity index (χ0n) is 14.8. The van der Waals surface area contributed by atoms with Crippen LogP contribution < -0.4 is 5.32 Å². The molecule has 1 N–H and O–H groups in total. The molecule has 138 valence electrons. The third-order valence-electron chi connectivity index (χ3n) is 4.02. The molecule has 2 rings (SSSR count). The molecule has 26 heavy (non-hydrogen) atoms. The first kappa shape index (κ1) is 20.6. The number of nitriles is 1. The van der Waals surface area contributed by atoms with Crippen LogP contribution in [0.5, 0.6) is 0 Å². The highest BCUT2D eigenvalue weighted by Crippen LogP contribution is 2.28. The average molecular weight is 411 g/mol. The topological polar surface area (TPSA) is 70.7 Å². The zero-order valence-corrected chi connectivity index (χ0v) is 17.3. The molecule has 0 saturated heterocycles. The summed E-state index contributed by atoms with van der Waals surface area (Å²) < 4.78 is 15.7. The van der Waals surface area contributed by atoms with Gasteiger partial charge >= 0.3 is 0 Å². The summed E-state index contributed by atoms with van der Waals surface area (Å²) in [5.41, 5.74) is -0.264. The third kappa shape index (κ3) is 4.69. The number of nitrogens with one attached hydrogen (secondary N) is 1. The second-order valence-electron chi connectivity index (χ2n) is 6.24. The molecule has 0 aliphatic rings. The molecule has 0 fully saturated rings. The fraction of sp³-hybridized carbons (Fsp3) is 0.412. The van der Waals surface area contributed by atoms with Gasteiger partial charge in [-0.2, -0.15) is 5.26 Å². The van der Waals surface area contributed by atoms with Gasteiger partial charge in [0, 0.05) is 0 Å². The summed E-state index contributed by atoms with van der Waals surface area (Å²) in [5, 5.41) is 16.1. The van der Waals surface area contributed by atoms with Gasteiger partial charge in [-0.05, 0) is 56.2 Å². The Morgan fingerprint density at radius 3 is 2.58 bits per heavy atom. The van der Waals surface area contributed by atoms with E-state index < -0.39 is 10.8 Å². The Hall–Kier alpha value is -1.76. The van der Waals surface area contributed by atoms with Crippen LogP contribution in [0.1, 0.15) is 27.7 Å². The molecule has 0 aliphatic heterocycles. The van der Waals surface area contributed by atoms with Gasteiger partial charge in [0.2, 0.25) is 5.91 Å². The summed E-state index contributed by atoms with van der Waals surface area (Å²) in [5.74, 6) is -0.586. The van der Waals surface area contributed by atoms with Gasteiger partial charge in [0.25, 0.3) is 0 Å². The first-order chi connectivity index (χ1) is 12.2. The maximum atomic E-state index is 13.1. The minimum Gasteiger partial charge on any atom is -0.337 e. The van der Waals surface area contributed by atoms with E-state index >= 15 is 0 Å². The first-order valence-corrected chi connectivity index (χ1v) is 10.0. The molecule has 9 heteroatoms. The molecule has 0 radical (unpaired) electrons. The molecule has 0 unspecified atom stereocenters. The Labute approximate surface area is 165 Å². The van der Waals surface area contributed by atoms with E-state index in [1.807, 2.05) is 13.8 Å². The predicted molar refractivity (Wildman–Crippen MR) is 105 cm³/mol. The van der Waals surface area contributed by atoms with E-state index in [1.165, 1.54) is 35.2 Å². The Bertz CT molecular complexity index is 885. The van der Waals surface area contributed by atoms with Crippen LogP contribution in [0, 0.1) is 27.0 Å². The molecule has 1 heterocycles. The van der Waals surface area contributed by atoms with Crippen molar-refractivity contribution in [2.24, 2.45) is 5.92 Å². The lowest BCUT2D eigenvalue weighted by Crippen LogP contribution is -2.51. The maximum Gasteiger partial charge on any atom is 0.234 e. The van der Waals surface area contributed by atoms with Crippen LogP contribution in [0.15, 0.2) is 28.6 Å². The van der Waals surface area contributed by atoms with Crippen LogP contribution in [-0.4, -0.2) is 26.5 Å². The molecule has 0 aliphatic carbocycles. The Kier molecular flexibility index (Phi) is 6.55. The van der Waals surface area contributed by atoms with E-state index in [4.69, 9.17) is 12.2 Å². The minimum atomic E-state index is -0.925. The molecule has 1 amide bonds. The second-order valence-corrected chi connectivity index (χ2v) is 9.45. The van der Waals surface area contributed by atoms with Gasteiger partial charge in [0.1, 0.15) is 11.4 Å². The van der Waals surface area contributed by atoms with E-state index in [0.29, 0.717) is 14.0 Å². The van der Waals surface area contributed by atoms with Gasteiger partial charge < -0.3 is 5.32 Å². The number of thioether (sulfide) groups is 1. The Morgan fingerprint density at radius 2 is 2.04 bits per heavy atom. The monoisotopic (exact) mass is 410 g/mol. The number of carbonyl (C=O) groups excluding carboxylic acids is 1. The number of amides is 1. The van der Waals surface area contributed by atoms with E-state index in [-0.39, 0.29) is 17.6 Å². The minimum absolute atomic E-state index is 0.0200. The molecular formula is C17H19FN4OS3. The van der Waals surface area contributed by atoms with Crippen LogP contribution in [0.2, 0.25) is 0 Å². The molecule has 2 aromatic rings. The van der Waals surface area contributed by atoms with Gasteiger partial charge in [0.15, 0.2) is 8.29 Å². The van der Waals surface area contributed by atoms with Gasteiger partial charge in [-0.1, -0.05) is 36.9 Å². The van der Waals surface area contributed by atoms with Crippen LogP contribution in [-0.2, 0) is 4.79 Å². The molecule has 2 atom stereocenters. The van der Waals surface area contributed by atoms with Crippen molar-refractivity contribution in [3.8, 4) is 11.8 Å². The molecule has 1 aromatic carbocycles. The number of hydrogen-bond donors (Lipinski definition) is 1. The molecular weight excluding hydrogens is 391 g/mol. The van der Waals surface area contributed by atoms with Crippen molar-refractivity contribution in [2.45, 2.75) is 42.8 Å². The number of benzene rings is 1. The van der Waals surface area contributed by atoms with E-state index in [9.17, 15) is 14.4 Å². The van der Waals surface area contributed by atoms with E-state index in [2.05, 4.69) is 16.5 Å². The largest absolute Gasteiger partial charge is 0.337 e. The summed E-state index contributed by atoms with van der Waals surface area (Å²) in [6.07, 6.45) is 0. The summed E-state index contributed by atoms with van der Waals surface area (Å²) in [6, 6.07) is 8.03. The predicted octanol–water partition coefficient (Wildman–Crippen LogP) is 4.34. The van der Waals surface area contributed by atoms with E-state index in [1.54, 1.807) is 30.7 Å². The van der Waals surface area contributed by atoms with Crippen molar-refractivity contribution in [3.63, 3.8) is 0 Å². The first-order valence-electron chi connectivity index (χ1n) is 7.92. The Morgan fingerprint density at radius 1 is 1.42 bits per heavy atom. The number of rotatable bonds is 6. The normalized spacial score (nSPS) is 14.5. The van der Waals surface area contributed by atoms with Gasteiger partial charge in [-0.25, -0.2) is 9.07 Å². The molecule has 0 bridgehead atoms. The number of carbonyl (C=O) groups is 1. The lowest BCUT2D eigenvalue weighted by molar-refractivity contribution is -0.121. The summed E-state index contributed by atoms with van der Waals surface area (Å²) in [6.45, 7) is 7.24. The molecule has 0 saturated carbocycles. The highest BCUT2D eigenvalue weighted by molar-refractivity contribution is 8.02. The van der Waals surface area contributed by atoms with Gasteiger partial charge in [-0.3, -0.25) is 4.79 Å². The van der Waals surface area contributed by atoms with Crippen molar-refractivity contribution in [2.75, 3.05) is 0 Å². The Balaban J connectivity index is 2.13. The number of halogens is 1. The maximum absolute atomic E-state index is 13.1. The van der Waals surface area contributed by atoms with Crippen LogP contribution in [0.4, 0.5) is 4.39 Å². The smallest absolute Gasteiger partial charge is 0.234 e. The fourth-order valence-electron chi connectivity index (χ4n) is 1.92. The van der Waals surface area contributed by atoms with Crippen LogP contribution >= 0.6 is 35.3 Å². The average Bonchev–Trinajstić information content (AvgIpc) is 2.95. The lowest BCUT2D eigenvalue weighted by atomic mass is 9.90. The highest BCUT2D eigenvalue weighted by Gasteiger charge is 2.32. The summed E-state index contributed by atoms with van der Waals surface area (Å²) >= 11 is 7.87. The lowest BCUT2D eigenvalue weighted by Gasteiger charge is -2.28. The van der Waals surface area contributed by atoms with Crippen LogP contribution in [0.25, 0.3) is 5.69 Å². The standard InChI is InChI=1S/C17H19FN4OS3/c1-10(2)17(4,9-19)20-14(23)11(3)25-15-21-22(16(24)26-15)13-7-5-12(18)6-8-13/h5-8,10-11H,1-4H3,(H,20,23)/t11-,17+/m0/s1. The van der Waals surface area contributed by atoms with Crippen molar-refractivity contribution < 1.29 is 9.18 Å². The number of nitrogens with zero attached hydrogens (tertiary/aromatic N) is 3. The third-order valence-corrected chi connectivity index (χ3v) is 6.43. The molecule has 1 aromatic heterocycles. The quantitative estimate of drug-likeness (QED) is 0.567. The summed E-state index contributed by atoms with van der Waals surface area (Å²) in [4.78, 5) is 12.4. The van der Waals surface area contributed by atoms with Gasteiger partial charge in [-0.15, -0.1) is 5.10 Å². The highest BCUT2D eigenvalue weighted by atomic mass is 32.2. The second kappa shape index (κ2) is 8.29. The van der Waals surface area contributed by atoms with Crippen molar-refractivity contribution in [3.05, 3.63) is 34.0 Å². The van der Waals surface area contributed by atoms with E-state index in [0.717, 1.165) is 0 Å². The SMILES string of the molecule is CC(C)[C@@](C)(C#N)NC(=O)[C@H](C)Sc1nn(-c2ccc(F)cc2)c(=S)s1.